The third-order valence-electron chi connectivity index (χ3n) is 2.90. The molecule has 2 rings (SSSR count). The first kappa shape index (κ1) is 14.5. The zero-order valence-electron chi connectivity index (χ0n) is 11.3. The minimum absolute atomic E-state index is 0.136. The van der Waals surface area contributed by atoms with Gasteiger partial charge in [0.1, 0.15) is 5.75 Å². The van der Waals surface area contributed by atoms with Gasteiger partial charge in [0.05, 0.1) is 19.9 Å². The molecule has 2 N–H and O–H groups in total. The Morgan fingerprint density at radius 1 is 1.10 bits per heavy atom. The number of halogens is 1. The predicted molar refractivity (Wildman–Crippen MR) is 82.7 cm³/mol. The zero-order valence-corrected chi connectivity index (χ0v) is 12.9. The molecule has 0 aliphatic carbocycles. The van der Waals surface area contributed by atoms with Crippen molar-refractivity contribution in [3.8, 4) is 17.2 Å². The highest BCUT2D eigenvalue weighted by Crippen LogP contribution is 2.29. The molecule has 20 heavy (non-hydrogen) atoms. The number of nitrogens with one attached hydrogen (secondary N) is 1. The van der Waals surface area contributed by atoms with Crippen LogP contribution in [-0.4, -0.2) is 19.3 Å². The SMILES string of the molecule is COc1ccc(Br)c(NCc2ccc(OC)c(O)c2)c1. The molecule has 106 valence electrons. The maximum atomic E-state index is 9.74. The summed E-state index contributed by atoms with van der Waals surface area (Å²) >= 11 is 3.48. The molecule has 0 amide bonds. The number of aromatic hydroxyl groups is 1. The lowest BCUT2D eigenvalue weighted by atomic mass is 10.2. The number of methoxy groups -OCH3 is 2. The molecule has 0 spiro atoms. The second kappa shape index (κ2) is 6.52. The minimum Gasteiger partial charge on any atom is -0.504 e. The summed E-state index contributed by atoms with van der Waals surface area (Å²) in [4.78, 5) is 0. The molecule has 5 heteroatoms. The molecule has 0 bridgehead atoms. The number of anilines is 1. The van der Waals surface area contributed by atoms with E-state index in [0.29, 0.717) is 12.3 Å². The van der Waals surface area contributed by atoms with Crippen molar-refractivity contribution in [2.24, 2.45) is 0 Å². The van der Waals surface area contributed by atoms with Crippen molar-refractivity contribution < 1.29 is 14.6 Å². The highest BCUT2D eigenvalue weighted by Gasteiger charge is 2.05. The number of ether oxygens (including phenoxy) is 2. The molecule has 0 unspecified atom stereocenters. The molecule has 2 aromatic carbocycles. The molecule has 4 nitrogen and oxygen atoms in total. The van der Waals surface area contributed by atoms with E-state index in [1.54, 1.807) is 19.2 Å². The second-order valence-electron chi connectivity index (χ2n) is 4.21. The predicted octanol–water partition coefficient (Wildman–Crippen LogP) is 3.78. The molecule has 0 aliphatic heterocycles. The Kier molecular flexibility index (Phi) is 4.74. The van der Waals surface area contributed by atoms with Gasteiger partial charge in [0.2, 0.25) is 0 Å². The van der Waals surface area contributed by atoms with Crippen LogP contribution in [0, 0.1) is 0 Å². The minimum atomic E-state index is 0.136. The van der Waals surface area contributed by atoms with Crippen molar-refractivity contribution in [3.63, 3.8) is 0 Å². The molecule has 2 aromatic rings. The van der Waals surface area contributed by atoms with Crippen molar-refractivity contribution in [1.29, 1.82) is 0 Å². The van der Waals surface area contributed by atoms with Gasteiger partial charge in [-0.05, 0) is 45.8 Å². The molecule has 0 saturated heterocycles. The fraction of sp³-hybridized carbons (Fsp3) is 0.200. The van der Waals surface area contributed by atoms with Gasteiger partial charge < -0.3 is 19.9 Å². The van der Waals surface area contributed by atoms with E-state index in [0.717, 1.165) is 21.5 Å². The molecular weight excluding hydrogens is 322 g/mol. The Morgan fingerprint density at radius 3 is 2.55 bits per heavy atom. The average Bonchev–Trinajstić information content (AvgIpc) is 2.46. The first-order chi connectivity index (χ1) is 9.63. The maximum Gasteiger partial charge on any atom is 0.160 e. The quantitative estimate of drug-likeness (QED) is 0.871. The molecule has 0 atom stereocenters. The van der Waals surface area contributed by atoms with E-state index in [9.17, 15) is 5.11 Å². The molecule has 0 saturated carbocycles. The van der Waals surface area contributed by atoms with E-state index in [2.05, 4.69) is 21.2 Å². The van der Waals surface area contributed by atoms with Crippen molar-refractivity contribution >= 4 is 21.6 Å². The van der Waals surface area contributed by atoms with Crippen LogP contribution < -0.4 is 14.8 Å². The van der Waals surface area contributed by atoms with Crippen molar-refractivity contribution in [2.45, 2.75) is 6.54 Å². The number of hydrogen-bond donors (Lipinski definition) is 2. The summed E-state index contributed by atoms with van der Waals surface area (Å²) in [6.45, 7) is 0.587. The third kappa shape index (κ3) is 3.36. The Balaban J connectivity index is 2.10. The van der Waals surface area contributed by atoms with Gasteiger partial charge in [-0.25, -0.2) is 0 Å². The second-order valence-corrected chi connectivity index (χ2v) is 5.06. The first-order valence-corrected chi connectivity index (χ1v) is 6.86. The monoisotopic (exact) mass is 337 g/mol. The molecule has 0 aromatic heterocycles. The molecule has 0 heterocycles. The van der Waals surface area contributed by atoms with Crippen LogP contribution in [0.25, 0.3) is 0 Å². The van der Waals surface area contributed by atoms with E-state index in [1.807, 2.05) is 24.3 Å². The first-order valence-electron chi connectivity index (χ1n) is 6.07. The van der Waals surface area contributed by atoms with Gasteiger partial charge in [-0.3, -0.25) is 0 Å². The van der Waals surface area contributed by atoms with Gasteiger partial charge >= 0.3 is 0 Å². The van der Waals surface area contributed by atoms with Gasteiger partial charge in [-0.15, -0.1) is 0 Å². The normalized spacial score (nSPS) is 10.2. The van der Waals surface area contributed by atoms with Gasteiger partial charge in [0.25, 0.3) is 0 Å². The fourth-order valence-electron chi connectivity index (χ4n) is 1.81. The molecular formula is C15H16BrNO3. The third-order valence-corrected chi connectivity index (χ3v) is 3.59. The summed E-state index contributed by atoms with van der Waals surface area (Å²) in [5, 5.41) is 13.0. The van der Waals surface area contributed by atoms with E-state index in [1.165, 1.54) is 7.11 Å². The highest BCUT2D eigenvalue weighted by molar-refractivity contribution is 9.10. The fourth-order valence-corrected chi connectivity index (χ4v) is 2.20. The number of benzene rings is 2. The number of phenolic OH excluding ortho intramolecular Hbond substituents is 1. The lowest BCUT2D eigenvalue weighted by Crippen LogP contribution is -2.00. The van der Waals surface area contributed by atoms with Crippen LogP contribution in [0.5, 0.6) is 17.2 Å². The molecule has 0 radical (unpaired) electrons. The van der Waals surface area contributed by atoms with Crippen LogP contribution in [0.3, 0.4) is 0 Å². The van der Waals surface area contributed by atoms with Crippen molar-refractivity contribution in [2.75, 3.05) is 19.5 Å². The maximum absolute atomic E-state index is 9.74. The van der Waals surface area contributed by atoms with E-state index in [4.69, 9.17) is 9.47 Å². The average molecular weight is 338 g/mol. The van der Waals surface area contributed by atoms with Crippen LogP contribution in [0.1, 0.15) is 5.56 Å². The summed E-state index contributed by atoms with van der Waals surface area (Å²) < 4.78 is 11.2. The number of phenols is 1. The van der Waals surface area contributed by atoms with Gasteiger partial charge in [0, 0.05) is 17.1 Å². The lowest BCUT2D eigenvalue weighted by Gasteiger charge is -2.11. The molecule has 0 aliphatic rings. The number of rotatable bonds is 5. The topological polar surface area (TPSA) is 50.7 Å². The van der Waals surface area contributed by atoms with Crippen molar-refractivity contribution in [3.05, 3.63) is 46.4 Å². The Morgan fingerprint density at radius 2 is 1.90 bits per heavy atom. The van der Waals surface area contributed by atoms with Crippen molar-refractivity contribution in [1.82, 2.24) is 0 Å². The lowest BCUT2D eigenvalue weighted by molar-refractivity contribution is 0.373. The van der Waals surface area contributed by atoms with Crippen LogP contribution in [0.2, 0.25) is 0 Å². The summed E-state index contributed by atoms with van der Waals surface area (Å²) in [7, 11) is 3.16. The van der Waals surface area contributed by atoms with Gasteiger partial charge in [-0.1, -0.05) is 6.07 Å². The van der Waals surface area contributed by atoms with Gasteiger partial charge in [-0.2, -0.15) is 0 Å². The standard InChI is InChI=1S/C15H16BrNO3/c1-19-11-4-5-12(16)13(8-11)17-9-10-3-6-15(20-2)14(18)7-10/h3-8,17-18H,9H2,1-2H3. The summed E-state index contributed by atoms with van der Waals surface area (Å²) in [5.41, 5.74) is 1.89. The smallest absolute Gasteiger partial charge is 0.160 e. The highest BCUT2D eigenvalue weighted by atomic mass is 79.9. The largest absolute Gasteiger partial charge is 0.504 e. The van der Waals surface area contributed by atoms with Crippen LogP contribution in [0.4, 0.5) is 5.69 Å². The molecule has 0 fully saturated rings. The summed E-state index contributed by atoms with van der Waals surface area (Å²) in [6, 6.07) is 11.0. The Labute approximate surface area is 126 Å². The number of hydrogen-bond acceptors (Lipinski definition) is 4. The Bertz CT molecular complexity index is 602. The van der Waals surface area contributed by atoms with E-state index < -0.39 is 0 Å². The summed E-state index contributed by atoms with van der Waals surface area (Å²) in [6.07, 6.45) is 0. The summed E-state index contributed by atoms with van der Waals surface area (Å²) in [5.74, 6) is 1.39. The van der Waals surface area contributed by atoms with Gasteiger partial charge in [0.15, 0.2) is 11.5 Å². The zero-order chi connectivity index (χ0) is 14.5. The van der Waals surface area contributed by atoms with Crippen LogP contribution >= 0.6 is 15.9 Å². The van der Waals surface area contributed by atoms with E-state index >= 15 is 0 Å². The Hall–Kier alpha value is -1.88. The van der Waals surface area contributed by atoms with E-state index in [-0.39, 0.29) is 5.75 Å². The van der Waals surface area contributed by atoms with Crippen LogP contribution in [0.15, 0.2) is 40.9 Å². The van der Waals surface area contributed by atoms with Crippen LogP contribution in [-0.2, 0) is 6.54 Å².